The molecule has 84 valence electrons. The number of methoxy groups -OCH3 is 1. The summed E-state index contributed by atoms with van der Waals surface area (Å²) in [5.74, 6) is 0.806. The Kier molecular flexibility index (Phi) is 2.74. The largest absolute Gasteiger partial charge is 0.504 e. The van der Waals surface area contributed by atoms with E-state index < -0.39 is 0 Å². The van der Waals surface area contributed by atoms with Gasteiger partial charge in [0.2, 0.25) is 0 Å². The van der Waals surface area contributed by atoms with Crippen molar-refractivity contribution in [3.05, 3.63) is 22.7 Å². The minimum atomic E-state index is 0.0503. The summed E-state index contributed by atoms with van der Waals surface area (Å²) in [5, 5.41) is 16.5. The van der Waals surface area contributed by atoms with Crippen molar-refractivity contribution < 1.29 is 9.84 Å². The van der Waals surface area contributed by atoms with Gasteiger partial charge in [-0.3, -0.25) is 5.10 Å². The van der Waals surface area contributed by atoms with Crippen LogP contribution in [-0.2, 0) is 0 Å². The highest BCUT2D eigenvalue weighted by molar-refractivity contribution is 9.10. The highest BCUT2D eigenvalue weighted by Crippen LogP contribution is 2.39. The molecular weight excluding hydrogens is 274 g/mol. The van der Waals surface area contributed by atoms with E-state index in [1.165, 1.54) is 7.11 Å². The number of nitrogens with one attached hydrogen (secondary N) is 1. The van der Waals surface area contributed by atoms with Gasteiger partial charge in [-0.05, 0) is 12.1 Å². The lowest BCUT2D eigenvalue weighted by Crippen LogP contribution is -1.87. The van der Waals surface area contributed by atoms with Crippen molar-refractivity contribution in [2.24, 2.45) is 0 Å². The Hall–Kier alpha value is -1.69. The number of phenols is 1. The molecule has 0 atom stereocenters. The normalized spacial score (nSPS) is 10.4. The zero-order chi connectivity index (χ0) is 11.7. The van der Waals surface area contributed by atoms with Crippen molar-refractivity contribution in [2.45, 2.75) is 0 Å². The Morgan fingerprint density at radius 2 is 2.19 bits per heavy atom. The lowest BCUT2D eigenvalue weighted by Gasteiger charge is -2.08. The zero-order valence-corrected chi connectivity index (χ0v) is 10.1. The number of nitrogen functional groups attached to an aromatic ring is 1. The average Bonchev–Trinajstić information content (AvgIpc) is 2.67. The maximum atomic E-state index is 9.94. The average molecular weight is 284 g/mol. The van der Waals surface area contributed by atoms with E-state index in [0.717, 1.165) is 4.47 Å². The van der Waals surface area contributed by atoms with Crippen molar-refractivity contribution in [1.82, 2.24) is 10.2 Å². The lowest BCUT2D eigenvalue weighted by atomic mass is 10.1. The minimum absolute atomic E-state index is 0.0503. The predicted molar refractivity (Wildman–Crippen MR) is 64.4 cm³/mol. The summed E-state index contributed by atoms with van der Waals surface area (Å²) in [6.07, 6.45) is 0. The number of H-pyrrole nitrogens is 1. The van der Waals surface area contributed by atoms with Gasteiger partial charge in [-0.25, -0.2) is 0 Å². The summed E-state index contributed by atoms with van der Waals surface area (Å²) < 4.78 is 5.85. The van der Waals surface area contributed by atoms with Gasteiger partial charge < -0.3 is 15.6 Å². The first-order valence-corrected chi connectivity index (χ1v) is 5.29. The fraction of sp³-hybridized carbons (Fsp3) is 0.100. The molecule has 0 saturated carbocycles. The second-order valence-corrected chi connectivity index (χ2v) is 4.13. The number of anilines is 1. The molecule has 0 fully saturated rings. The van der Waals surface area contributed by atoms with Gasteiger partial charge in [0.05, 0.1) is 12.8 Å². The summed E-state index contributed by atoms with van der Waals surface area (Å²) in [6, 6.07) is 5.07. The molecule has 2 rings (SSSR count). The van der Waals surface area contributed by atoms with E-state index in [-0.39, 0.29) is 5.75 Å². The van der Waals surface area contributed by atoms with E-state index in [2.05, 4.69) is 26.1 Å². The molecule has 0 saturated heterocycles. The number of rotatable bonds is 2. The molecule has 4 N–H and O–H groups in total. The van der Waals surface area contributed by atoms with Gasteiger partial charge in [0.25, 0.3) is 0 Å². The van der Waals surface area contributed by atoms with Gasteiger partial charge in [-0.15, -0.1) is 0 Å². The van der Waals surface area contributed by atoms with Crippen LogP contribution in [0.1, 0.15) is 0 Å². The van der Waals surface area contributed by atoms with Crippen LogP contribution in [0.25, 0.3) is 11.3 Å². The van der Waals surface area contributed by atoms with Crippen molar-refractivity contribution >= 4 is 21.7 Å². The van der Waals surface area contributed by atoms with E-state index in [9.17, 15) is 5.11 Å². The maximum Gasteiger partial charge on any atom is 0.167 e. The van der Waals surface area contributed by atoms with E-state index >= 15 is 0 Å². The third-order valence-corrected chi connectivity index (χ3v) is 2.61. The number of ether oxygens (including phenoxy) is 1. The van der Waals surface area contributed by atoms with Crippen LogP contribution in [0.5, 0.6) is 11.5 Å². The Morgan fingerprint density at radius 1 is 1.44 bits per heavy atom. The Bertz CT molecular complexity index is 525. The molecule has 0 aliphatic heterocycles. The summed E-state index contributed by atoms with van der Waals surface area (Å²) in [7, 11) is 1.49. The molecule has 0 spiro atoms. The summed E-state index contributed by atoms with van der Waals surface area (Å²) in [6.45, 7) is 0. The molecule has 16 heavy (non-hydrogen) atoms. The van der Waals surface area contributed by atoms with Crippen molar-refractivity contribution in [3.8, 4) is 22.8 Å². The van der Waals surface area contributed by atoms with Gasteiger partial charge in [0.15, 0.2) is 11.5 Å². The molecule has 0 aliphatic rings. The quantitative estimate of drug-likeness (QED) is 0.788. The number of hydrogen-bond acceptors (Lipinski definition) is 4. The molecule has 5 nitrogen and oxygen atoms in total. The number of hydrogen-bond donors (Lipinski definition) is 3. The molecule has 1 aromatic carbocycles. The third kappa shape index (κ3) is 1.83. The first-order valence-electron chi connectivity index (χ1n) is 4.49. The second kappa shape index (κ2) is 4.05. The molecular formula is C10H10BrN3O2. The standard InChI is InChI=1S/C10H10BrN3O2/c1-16-8-3-5(11)2-6(10(8)15)7-4-9(12)14-13-7/h2-4,15H,1H3,(H3,12,13,14). The van der Waals surface area contributed by atoms with Crippen LogP contribution in [0.2, 0.25) is 0 Å². The maximum absolute atomic E-state index is 9.94. The smallest absolute Gasteiger partial charge is 0.167 e. The van der Waals surface area contributed by atoms with Crippen LogP contribution in [0.4, 0.5) is 5.82 Å². The Morgan fingerprint density at radius 3 is 2.75 bits per heavy atom. The molecule has 1 aromatic heterocycles. The molecule has 6 heteroatoms. The molecule has 0 unspecified atom stereocenters. The Balaban J connectivity index is 2.60. The van der Waals surface area contributed by atoms with Crippen LogP contribution in [0.3, 0.4) is 0 Å². The van der Waals surface area contributed by atoms with Crippen molar-refractivity contribution in [2.75, 3.05) is 12.8 Å². The van der Waals surface area contributed by atoms with E-state index in [1.54, 1.807) is 18.2 Å². The summed E-state index contributed by atoms with van der Waals surface area (Å²) in [4.78, 5) is 0. The monoisotopic (exact) mass is 283 g/mol. The summed E-state index contributed by atoms with van der Waals surface area (Å²) >= 11 is 3.34. The van der Waals surface area contributed by atoms with Crippen LogP contribution >= 0.6 is 15.9 Å². The number of nitrogens with two attached hydrogens (primary N) is 1. The molecule has 0 aliphatic carbocycles. The van der Waals surface area contributed by atoms with E-state index in [0.29, 0.717) is 22.8 Å². The fourth-order valence-electron chi connectivity index (χ4n) is 1.41. The van der Waals surface area contributed by atoms with Crippen LogP contribution in [0, 0.1) is 0 Å². The topological polar surface area (TPSA) is 84.2 Å². The number of nitrogens with zero attached hydrogens (tertiary/aromatic N) is 1. The van der Waals surface area contributed by atoms with Gasteiger partial charge in [-0.2, -0.15) is 5.10 Å². The molecule has 1 heterocycles. The Labute approximate surface area is 100 Å². The first-order chi connectivity index (χ1) is 7.61. The number of aromatic amines is 1. The molecule has 0 bridgehead atoms. The fourth-order valence-corrected chi connectivity index (χ4v) is 1.85. The van der Waals surface area contributed by atoms with E-state index in [1.807, 2.05) is 0 Å². The first kappa shape index (κ1) is 10.8. The van der Waals surface area contributed by atoms with Gasteiger partial charge in [0, 0.05) is 16.1 Å². The van der Waals surface area contributed by atoms with Gasteiger partial charge in [-0.1, -0.05) is 15.9 Å². The minimum Gasteiger partial charge on any atom is -0.504 e. The van der Waals surface area contributed by atoms with Gasteiger partial charge in [0.1, 0.15) is 5.82 Å². The highest BCUT2D eigenvalue weighted by Gasteiger charge is 2.13. The van der Waals surface area contributed by atoms with Gasteiger partial charge >= 0.3 is 0 Å². The zero-order valence-electron chi connectivity index (χ0n) is 8.49. The number of aromatic hydroxyl groups is 1. The number of benzene rings is 1. The molecule has 0 radical (unpaired) electrons. The van der Waals surface area contributed by atoms with Crippen molar-refractivity contribution in [3.63, 3.8) is 0 Å². The molecule has 2 aromatic rings. The number of halogens is 1. The lowest BCUT2D eigenvalue weighted by molar-refractivity contribution is 0.374. The van der Waals surface area contributed by atoms with E-state index in [4.69, 9.17) is 10.5 Å². The highest BCUT2D eigenvalue weighted by atomic mass is 79.9. The SMILES string of the molecule is COc1cc(Br)cc(-c2cc(N)n[nH]2)c1O. The third-order valence-electron chi connectivity index (χ3n) is 2.15. The second-order valence-electron chi connectivity index (χ2n) is 3.21. The number of aromatic nitrogens is 2. The van der Waals surface area contributed by atoms with Crippen LogP contribution < -0.4 is 10.5 Å². The summed E-state index contributed by atoms with van der Waals surface area (Å²) in [5.41, 5.74) is 6.72. The van der Waals surface area contributed by atoms with Crippen molar-refractivity contribution in [1.29, 1.82) is 0 Å². The molecule has 0 amide bonds. The van der Waals surface area contributed by atoms with Crippen LogP contribution in [0.15, 0.2) is 22.7 Å². The number of phenolic OH excluding ortho intramolecular Hbond substituents is 1. The predicted octanol–water partition coefficient (Wildman–Crippen LogP) is 2.14. The van der Waals surface area contributed by atoms with Crippen LogP contribution in [-0.4, -0.2) is 22.4 Å².